The first-order chi connectivity index (χ1) is 15.1. The van der Waals surface area contributed by atoms with Crippen LogP contribution in [-0.4, -0.2) is 44.0 Å². The standard InChI is InChI=1S/C25H33ClN2O3/c1-30-20-10-8-19(9-11-20)12-16-31-25-18-23(27)22(26)17-21(25)24(29)7-3-6-15-28-13-4-2-5-14-28/h8-11,17-18H,2-7,12-16,27H2,1H3. The van der Waals surface area contributed by atoms with E-state index >= 15 is 0 Å². The topological polar surface area (TPSA) is 64.8 Å². The highest BCUT2D eigenvalue weighted by atomic mass is 35.5. The Morgan fingerprint density at radius 2 is 1.84 bits per heavy atom. The second-order valence-electron chi connectivity index (χ2n) is 8.10. The number of likely N-dealkylation sites (tertiary alicyclic amines) is 1. The summed E-state index contributed by atoms with van der Waals surface area (Å²) in [6.45, 7) is 3.89. The number of hydrogen-bond donors (Lipinski definition) is 1. The number of anilines is 1. The molecule has 1 aliphatic heterocycles. The lowest BCUT2D eigenvalue weighted by Gasteiger charge is -2.26. The monoisotopic (exact) mass is 444 g/mol. The molecule has 0 unspecified atom stereocenters. The lowest BCUT2D eigenvalue weighted by Crippen LogP contribution is -2.30. The van der Waals surface area contributed by atoms with Gasteiger partial charge in [0, 0.05) is 18.9 Å². The Hall–Kier alpha value is -2.24. The predicted molar refractivity (Wildman–Crippen MR) is 127 cm³/mol. The van der Waals surface area contributed by atoms with Gasteiger partial charge in [0.25, 0.3) is 0 Å². The molecule has 2 aromatic rings. The van der Waals surface area contributed by atoms with Gasteiger partial charge >= 0.3 is 0 Å². The number of piperidine rings is 1. The number of hydrogen-bond acceptors (Lipinski definition) is 5. The Morgan fingerprint density at radius 1 is 1.10 bits per heavy atom. The zero-order valence-electron chi connectivity index (χ0n) is 18.4. The van der Waals surface area contributed by atoms with Gasteiger partial charge in [0.2, 0.25) is 0 Å². The van der Waals surface area contributed by atoms with Crippen molar-refractivity contribution in [3.63, 3.8) is 0 Å². The summed E-state index contributed by atoms with van der Waals surface area (Å²) in [6, 6.07) is 11.2. The summed E-state index contributed by atoms with van der Waals surface area (Å²) < 4.78 is 11.1. The van der Waals surface area contributed by atoms with Crippen LogP contribution in [0.1, 0.15) is 54.4 Å². The third-order valence-electron chi connectivity index (χ3n) is 5.78. The van der Waals surface area contributed by atoms with E-state index in [0.29, 0.717) is 35.1 Å². The first kappa shape index (κ1) is 23.4. The minimum atomic E-state index is 0.0555. The maximum Gasteiger partial charge on any atom is 0.166 e. The number of ketones is 1. The number of unbranched alkanes of at least 4 members (excludes halogenated alkanes) is 1. The van der Waals surface area contributed by atoms with Crippen molar-refractivity contribution in [3.8, 4) is 11.5 Å². The normalized spacial score (nSPS) is 14.4. The molecule has 0 saturated carbocycles. The van der Waals surface area contributed by atoms with E-state index in [-0.39, 0.29) is 5.78 Å². The maximum absolute atomic E-state index is 12.9. The number of Topliss-reactive ketones (excluding diaryl/α,β-unsaturated/α-hetero) is 1. The van der Waals surface area contributed by atoms with Gasteiger partial charge in [-0.05, 0) is 69.1 Å². The van der Waals surface area contributed by atoms with E-state index in [1.807, 2.05) is 24.3 Å². The number of nitrogens with zero attached hydrogens (tertiary/aromatic N) is 1. The largest absolute Gasteiger partial charge is 0.497 e. The molecule has 1 aliphatic rings. The summed E-state index contributed by atoms with van der Waals surface area (Å²) in [4.78, 5) is 15.4. The van der Waals surface area contributed by atoms with E-state index < -0.39 is 0 Å². The second-order valence-corrected chi connectivity index (χ2v) is 8.51. The number of carbonyl (C=O) groups is 1. The van der Waals surface area contributed by atoms with Gasteiger partial charge in [0.05, 0.1) is 30.0 Å². The first-order valence-electron chi connectivity index (χ1n) is 11.2. The van der Waals surface area contributed by atoms with Gasteiger partial charge in [0.15, 0.2) is 5.78 Å². The third-order valence-corrected chi connectivity index (χ3v) is 6.11. The molecular weight excluding hydrogens is 412 g/mol. The molecule has 31 heavy (non-hydrogen) atoms. The summed E-state index contributed by atoms with van der Waals surface area (Å²) >= 11 is 6.20. The van der Waals surface area contributed by atoms with Crippen LogP contribution in [0.15, 0.2) is 36.4 Å². The van der Waals surface area contributed by atoms with Gasteiger partial charge in [-0.25, -0.2) is 0 Å². The molecule has 0 atom stereocenters. The fourth-order valence-corrected chi connectivity index (χ4v) is 4.08. The minimum absolute atomic E-state index is 0.0555. The average Bonchev–Trinajstić information content (AvgIpc) is 2.80. The van der Waals surface area contributed by atoms with Gasteiger partial charge in [-0.1, -0.05) is 30.2 Å². The lowest BCUT2D eigenvalue weighted by atomic mass is 10.0. The summed E-state index contributed by atoms with van der Waals surface area (Å²) in [5.41, 5.74) is 8.04. The van der Waals surface area contributed by atoms with Gasteiger partial charge in [0.1, 0.15) is 11.5 Å². The number of nitrogens with two attached hydrogens (primary N) is 1. The predicted octanol–water partition coefficient (Wildman–Crippen LogP) is 5.39. The van der Waals surface area contributed by atoms with Gasteiger partial charge < -0.3 is 20.1 Å². The molecule has 1 saturated heterocycles. The molecule has 0 radical (unpaired) electrons. The molecule has 2 N–H and O–H groups in total. The maximum atomic E-state index is 12.9. The fourth-order valence-electron chi connectivity index (χ4n) is 3.92. The van der Waals surface area contributed by atoms with Gasteiger partial charge in [-0.3, -0.25) is 4.79 Å². The van der Waals surface area contributed by atoms with Crippen LogP contribution < -0.4 is 15.2 Å². The molecule has 2 aromatic carbocycles. The van der Waals surface area contributed by atoms with Crippen molar-refractivity contribution in [2.45, 2.75) is 44.9 Å². The van der Waals surface area contributed by atoms with E-state index in [4.69, 9.17) is 26.8 Å². The molecule has 6 heteroatoms. The van der Waals surface area contributed by atoms with Crippen molar-refractivity contribution in [3.05, 3.63) is 52.5 Å². The molecule has 0 bridgehead atoms. The van der Waals surface area contributed by atoms with Crippen molar-refractivity contribution in [1.29, 1.82) is 0 Å². The van der Waals surface area contributed by atoms with Crippen molar-refractivity contribution >= 4 is 23.1 Å². The Kier molecular flexibility index (Phi) is 9.04. The molecule has 0 amide bonds. The molecule has 1 fully saturated rings. The molecular formula is C25H33ClN2O3. The number of ether oxygens (including phenoxy) is 2. The van der Waals surface area contributed by atoms with Crippen molar-refractivity contribution in [2.24, 2.45) is 0 Å². The minimum Gasteiger partial charge on any atom is -0.497 e. The number of methoxy groups -OCH3 is 1. The average molecular weight is 445 g/mol. The highest BCUT2D eigenvalue weighted by molar-refractivity contribution is 6.33. The van der Waals surface area contributed by atoms with Crippen LogP contribution in [0.25, 0.3) is 0 Å². The lowest BCUT2D eigenvalue weighted by molar-refractivity contribution is 0.0973. The molecule has 5 nitrogen and oxygen atoms in total. The van der Waals surface area contributed by atoms with Gasteiger partial charge in [-0.2, -0.15) is 0 Å². The molecule has 168 valence electrons. The zero-order valence-corrected chi connectivity index (χ0v) is 19.1. The second kappa shape index (κ2) is 12.0. The highest BCUT2D eigenvalue weighted by Gasteiger charge is 2.16. The Bertz CT molecular complexity index is 849. The fraction of sp³-hybridized carbons (Fsp3) is 0.480. The summed E-state index contributed by atoms with van der Waals surface area (Å²) in [5.74, 6) is 1.39. The molecule has 0 aliphatic carbocycles. The van der Waals surface area contributed by atoms with Crippen molar-refractivity contribution < 1.29 is 14.3 Å². The van der Waals surface area contributed by atoms with Crippen LogP contribution in [0.5, 0.6) is 11.5 Å². The first-order valence-corrected chi connectivity index (χ1v) is 11.5. The molecule has 1 heterocycles. The molecule has 0 aromatic heterocycles. The number of rotatable bonds is 11. The zero-order chi connectivity index (χ0) is 22.1. The van der Waals surface area contributed by atoms with E-state index in [0.717, 1.165) is 37.1 Å². The van der Waals surface area contributed by atoms with Crippen LogP contribution in [0.4, 0.5) is 5.69 Å². The summed E-state index contributed by atoms with van der Waals surface area (Å²) in [5, 5.41) is 0.388. The van der Waals surface area contributed by atoms with Crippen LogP contribution in [0, 0.1) is 0 Å². The van der Waals surface area contributed by atoms with Crippen molar-refractivity contribution in [1.82, 2.24) is 4.90 Å². The van der Waals surface area contributed by atoms with Crippen LogP contribution in [0.3, 0.4) is 0 Å². The van der Waals surface area contributed by atoms with Gasteiger partial charge in [-0.15, -0.1) is 0 Å². The Morgan fingerprint density at radius 3 is 2.55 bits per heavy atom. The summed E-state index contributed by atoms with van der Waals surface area (Å²) in [6.07, 6.45) is 7.03. The number of halogens is 1. The number of carbonyl (C=O) groups excluding carboxylic acids is 1. The van der Waals surface area contributed by atoms with E-state index in [9.17, 15) is 4.79 Å². The van der Waals surface area contributed by atoms with E-state index in [1.54, 1.807) is 19.2 Å². The Balaban J connectivity index is 1.53. The molecule has 0 spiro atoms. The number of benzene rings is 2. The smallest absolute Gasteiger partial charge is 0.166 e. The highest BCUT2D eigenvalue weighted by Crippen LogP contribution is 2.30. The summed E-state index contributed by atoms with van der Waals surface area (Å²) in [7, 11) is 1.65. The Labute approximate surface area is 190 Å². The van der Waals surface area contributed by atoms with Crippen LogP contribution in [-0.2, 0) is 6.42 Å². The molecule has 3 rings (SSSR count). The third kappa shape index (κ3) is 7.15. The van der Waals surface area contributed by atoms with Crippen LogP contribution >= 0.6 is 11.6 Å². The SMILES string of the molecule is COc1ccc(CCOc2cc(N)c(Cl)cc2C(=O)CCCCN2CCCCC2)cc1. The van der Waals surface area contributed by atoms with Crippen LogP contribution in [0.2, 0.25) is 5.02 Å². The quantitative estimate of drug-likeness (QED) is 0.286. The van der Waals surface area contributed by atoms with E-state index in [1.165, 1.54) is 32.4 Å². The number of nitrogen functional groups attached to an aromatic ring is 1. The van der Waals surface area contributed by atoms with Crippen molar-refractivity contribution in [2.75, 3.05) is 39.1 Å². The van der Waals surface area contributed by atoms with E-state index in [2.05, 4.69) is 4.90 Å².